The van der Waals surface area contributed by atoms with E-state index in [4.69, 9.17) is 0 Å². The molecule has 16 heavy (non-hydrogen) atoms. The smallest absolute Gasteiger partial charge is 0.153 e. The minimum Gasteiger partial charge on any atom is -0.308 e. The Morgan fingerprint density at radius 3 is 2.62 bits per heavy atom. The van der Waals surface area contributed by atoms with Crippen LogP contribution in [0.2, 0.25) is 0 Å². The summed E-state index contributed by atoms with van der Waals surface area (Å²) in [4.78, 5) is 0. The first kappa shape index (κ1) is 14.0. The molecule has 0 saturated heterocycles. The van der Waals surface area contributed by atoms with Crippen LogP contribution in [0.1, 0.15) is 32.5 Å². The summed E-state index contributed by atoms with van der Waals surface area (Å²) in [6.07, 6.45) is 0. The van der Waals surface area contributed by atoms with E-state index in [2.05, 4.69) is 52.3 Å². The zero-order chi connectivity index (χ0) is 12.1. The van der Waals surface area contributed by atoms with Crippen LogP contribution in [-0.4, -0.2) is 32.5 Å². The first-order chi connectivity index (χ1) is 7.56. The lowest BCUT2D eigenvalue weighted by Gasteiger charge is -2.18. The van der Waals surface area contributed by atoms with Gasteiger partial charge in [-0.15, -0.1) is 5.10 Å². The van der Waals surface area contributed by atoms with Gasteiger partial charge in [0.15, 0.2) is 4.60 Å². The van der Waals surface area contributed by atoms with Crippen molar-refractivity contribution in [3.63, 3.8) is 0 Å². The maximum absolute atomic E-state index is 4.03. The molecule has 1 unspecified atom stereocenters. The van der Waals surface area contributed by atoms with E-state index in [0.717, 1.165) is 22.6 Å². The van der Waals surface area contributed by atoms with Crippen LogP contribution in [0, 0.1) is 0 Å². The average Bonchev–Trinajstić information content (AvgIpc) is 2.54. The standard InChI is InChI=1S/C10H19BrN4S/c1-5-12-8(6-16-7(2)3)9-10(11)13-14-15(9)4/h7-8,12H,5-6H2,1-4H3. The number of hydrogen-bond acceptors (Lipinski definition) is 4. The molecule has 0 aromatic carbocycles. The molecule has 0 aliphatic carbocycles. The van der Waals surface area contributed by atoms with E-state index in [0.29, 0.717) is 11.3 Å². The van der Waals surface area contributed by atoms with E-state index in [9.17, 15) is 0 Å². The van der Waals surface area contributed by atoms with E-state index in [1.54, 1.807) is 0 Å². The fraction of sp³-hybridized carbons (Fsp3) is 0.800. The van der Waals surface area contributed by atoms with Gasteiger partial charge in [0.25, 0.3) is 0 Å². The van der Waals surface area contributed by atoms with Crippen molar-refractivity contribution in [1.82, 2.24) is 20.3 Å². The Balaban J connectivity index is 2.76. The van der Waals surface area contributed by atoms with Crippen LogP contribution in [0.4, 0.5) is 0 Å². The normalized spacial score (nSPS) is 13.4. The van der Waals surface area contributed by atoms with Crippen LogP contribution in [0.5, 0.6) is 0 Å². The summed E-state index contributed by atoms with van der Waals surface area (Å²) >= 11 is 5.39. The molecule has 1 N–H and O–H groups in total. The first-order valence-electron chi connectivity index (χ1n) is 5.46. The number of rotatable bonds is 6. The average molecular weight is 307 g/mol. The third kappa shape index (κ3) is 3.75. The molecule has 0 fully saturated rings. The zero-order valence-electron chi connectivity index (χ0n) is 10.2. The Hall–Kier alpha value is -0.0700. The molecule has 0 spiro atoms. The van der Waals surface area contributed by atoms with Crippen molar-refractivity contribution in [2.75, 3.05) is 12.3 Å². The number of aryl methyl sites for hydroxylation is 1. The molecule has 0 radical (unpaired) electrons. The Kier molecular flexibility index (Phi) is 5.78. The number of hydrogen-bond donors (Lipinski definition) is 1. The largest absolute Gasteiger partial charge is 0.308 e. The van der Waals surface area contributed by atoms with Crippen LogP contribution in [0.15, 0.2) is 4.60 Å². The third-order valence-corrected chi connectivity index (χ3v) is 3.96. The van der Waals surface area contributed by atoms with E-state index >= 15 is 0 Å². The molecule has 0 aliphatic heterocycles. The van der Waals surface area contributed by atoms with Crippen molar-refractivity contribution in [3.8, 4) is 0 Å². The minimum absolute atomic E-state index is 0.298. The molecule has 1 heterocycles. The SMILES string of the molecule is CCNC(CSC(C)C)c1c(Br)nnn1C. The van der Waals surface area contributed by atoms with Gasteiger partial charge < -0.3 is 5.32 Å². The molecule has 4 nitrogen and oxygen atoms in total. The molecule has 1 aromatic heterocycles. The molecule has 0 saturated carbocycles. The lowest BCUT2D eigenvalue weighted by molar-refractivity contribution is 0.548. The number of thioether (sulfide) groups is 1. The van der Waals surface area contributed by atoms with Crippen LogP contribution < -0.4 is 5.32 Å². The van der Waals surface area contributed by atoms with Gasteiger partial charge in [-0.3, -0.25) is 0 Å². The van der Waals surface area contributed by atoms with Crippen molar-refractivity contribution >= 4 is 27.7 Å². The second-order valence-corrected chi connectivity index (χ2v) is 6.24. The minimum atomic E-state index is 0.298. The Morgan fingerprint density at radius 2 is 2.19 bits per heavy atom. The van der Waals surface area contributed by atoms with Crippen molar-refractivity contribution in [3.05, 3.63) is 10.3 Å². The van der Waals surface area contributed by atoms with Crippen LogP contribution in [0.3, 0.4) is 0 Å². The maximum atomic E-state index is 4.03. The Bertz CT molecular complexity index is 307. The summed E-state index contributed by atoms with van der Waals surface area (Å²) in [6, 6.07) is 0.298. The topological polar surface area (TPSA) is 42.7 Å². The van der Waals surface area contributed by atoms with Crippen molar-refractivity contribution < 1.29 is 0 Å². The van der Waals surface area contributed by atoms with Crippen molar-refractivity contribution in [1.29, 1.82) is 0 Å². The summed E-state index contributed by atoms with van der Waals surface area (Å²) in [5, 5.41) is 12.2. The second-order valence-electron chi connectivity index (χ2n) is 3.88. The molecule has 6 heteroatoms. The fourth-order valence-corrected chi connectivity index (χ4v) is 2.94. The van der Waals surface area contributed by atoms with E-state index < -0.39 is 0 Å². The van der Waals surface area contributed by atoms with Gasteiger partial charge in [-0.1, -0.05) is 26.0 Å². The van der Waals surface area contributed by atoms with Gasteiger partial charge in [0.2, 0.25) is 0 Å². The van der Waals surface area contributed by atoms with Gasteiger partial charge >= 0.3 is 0 Å². The molecule has 1 atom stereocenters. The second kappa shape index (κ2) is 6.61. The van der Waals surface area contributed by atoms with Crippen LogP contribution in [-0.2, 0) is 7.05 Å². The molecule has 1 aromatic rings. The van der Waals surface area contributed by atoms with E-state index in [-0.39, 0.29) is 0 Å². The lowest BCUT2D eigenvalue weighted by Crippen LogP contribution is -2.26. The van der Waals surface area contributed by atoms with E-state index in [1.807, 2.05) is 23.5 Å². The molecule has 92 valence electrons. The summed E-state index contributed by atoms with van der Waals surface area (Å²) in [5.41, 5.74) is 1.12. The number of halogens is 1. The van der Waals surface area contributed by atoms with Gasteiger partial charge in [0.05, 0.1) is 11.7 Å². The molecule has 1 rings (SSSR count). The summed E-state index contributed by atoms with van der Waals surface area (Å²) in [6.45, 7) is 7.49. The van der Waals surface area contributed by atoms with Crippen LogP contribution in [0.25, 0.3) is 0 Å². The summed E-state index contributed by atoms with van der Waals surface area (Å²) < 4.78 is 2.67. The number of aromatic nitrogens is 3. The molecular weight excluding hydrogens is 288 g/mol. The highest BCUT2D eigenvalue weighted by Crippen LogP contribution is 2.25. The Labute approximate surface area is 110 Å². The van der Waals surface area contributed by atoms with Crippen molar-refractivity contribution in [2.45, 2.75) is 32.1 Å². The number of nitrogens with one attached hydrogen (secondary N) is 1. The van der Waals surface area contributed by atoms with Gasteiger partial charge in [0, 0.05) is 12.8 Å². The van der Waals surface area contributed by atoms with Gasteiger partial charge in [-0.25, -0.2) is 4.68 Å². The van der Waals surface area contributed by atoms with Gasteiger partial charge in [-0.2, -0.15) is 11.8 Å². The molecule has 0 aliphatic rings. The maximum Gasteiger partial charge on any atom is 0.153 e. The predicted octanol–water partition coefficient (Wildman–Crippen LogP) is 2.37. The summed E-state index contributed by atoms with van der Waals surface area (Å²) in [5.74, 6) is 1.03. The fourth-order valence-electron chi connectivity index (χ4n) is 1.48. The van der Waals surface area contributed by atoms with Crippen LogP contribution >= 0.6 is 27.7 Å². The van der Waals surface area contributed by atoms with Gasteiger partial charge in [0.1, 0.15) is 0 Å². The monoisotopic (exact) mass is 306 g/mol. The van der Waals surface area contributed by atoms with Gasteiger partial charge in [-0.05, 0) is 27.7 Å². The quantitative estimate of drug-likeness (QED) is 0.876. The molecule has 0 bridgehead atoms. The zero-order valence-corrected chi connectivity index (χ0v) is 12.6. The third-order valence-electron chi connectivity index (χ3n) is 2.20. The summed E-state index contributed by atoms with van der Waals surface area (Å²) in [7, 11) is 1.93. The predicted molar refractivity (Wildman–Crippen MR) is 72.7 cm³/mol. The molecule has 0 amide bonds. The highest BCUT2D eigenvalue weighted by molar-refractivity contribution is 9.10. The van der Waals surface area contributed by atoms with Crippen molar-refractivity contribution in [2.24, 2.45) is 7.05 Å². The first-order valence-corrected chi connectivity index (χ1v) is 7.30. The highest BCUT2D eigenvalue weighted by Gasteiger charge is 2.19. The number of nitrogens with zero attached hydrogens (tertiary/aromatic N) is 3. The highest BCUT2D eigenvalue weighted by atomic mass is 79.9. The molecular formula is C10H19BrN4S. The Morgan fingerprint density at radius 1 is 1.50 bits per heavy atom. The van der Waals surface area contributed by atoms with E-state index in [1.165, 1.54) is 0 Å². The lowest BCUT2D eigenvalue weighted by atomic mass is 10.2.